The van der Waals surface area contributed by atoms with Gasteiger partial charge in [-0.1, -0.05) is 41.7 Å². The number of ether oxygens (including phenoxy) is 1. The number of rotatable bonds is 4. The number of hydrogen-bond acceptors (Lipinski definition) is 5. The first-order valence-electron chi connectivity index (χ1n) is 10.8. The highest BCUT2D eigenvalue weighted by Crippen LogP contribution is 2.30. The lowest BCUT2D eigenvalue weighted by molar-refractivity contribution is 0.414. The SMILES string of the molecule is COc1ccc(-c2nn(-c3ccccc3)cc2C=c2sc3nc4ccccc4n3c2=O)c(C)c1. The topological polar surface area (TPSA) is 61.4 Å². The number of aryl methyl sites for hydroxylation is 1. The van der Waals surface area contributed by atoms with Crippen LogP contribution in [0.3, 0.4) is 0 Å². The quantitative estimate of drug-likeness (QED) is 0.382. The maximum Gasteiger partial charge on any atom is 0.274 e. The van der Waals surface area contributed by atoms with Crippen LogP contribution in [0.15, 0.2) is 83.8 Å². The molecule has 34 heavy (non-hydrogen) atoms. The molecule has 6 nitrogen and oxygen atoms in total. The Balaban J connectivity index is 1.59. The number of aromatic nitrogens is 4. The van der Waals surface area contributed by atoms with E-state index in [0.717, 1.165) is 44.9 Å². The smallest absolute Gasteiger partial charge is 0.274 e. The van der Waals surface area contributed by atoms with E-state index >= 15 is 0 Å². The van der Waals surface area contributed by atoms with Crippen molar-refractivity contribution in [3.8, 4) is 22.7 Å². The molecule has 0 spiro atoms. The predicted molar refractivity (Wildman–Crippen MR) is 136 cm³/mol. The van der Waals surface area contributed by atoms with E-state index in [1.807, 2.05) is 96.7 Å². The summed E-state index contributed by atoms with van der Waals surface area (Å²) in [5, 5.41) is 4.91. The fraction of sp³-hybridized carbons (Fsp3) is 0.0741. The average molecular weight is 465 g/mol. The van der Waals surface area contributed by atoms with E-state index in [9.17, 15) is 4.79 Å². The maximum absolute atomic E-state index is 13.3. The van der Waals surface area contributed by atoms with Gasteiger partial charge in [0, 0.05) is 17.3 Å². The van der Waals surface area contributed by atoms with E-state index in [1.54, 1.807) is 11.5 Å². The zero-order valence-electron chi connectivity index (χ0n) is 18.6. The summed E-state index contributed by atoms with van der Waals surface area (Å²) in [7, 11) is 1.66. The van der Waals surface area contributed by atoms with Crippen molar-refractivity contribution in [3.63, 3.8) is 0 Å². The Morgan fingerprint density at radius 2 is 1.79 bits per heavy atom. The molecule has 0 atom stereocenters. The molecule has 0 aliphatic rings. The molecule has 3 aromatic heterocycles. The van der Waals surface area contributed by atoms with Crippen molar-refractivity contribution >= 4 is 33.4 Å². The number of nitrogens with zero attached hydrogens (tertiary/aromatic N) is 4. The lowest BCUT2D eigenvalue weighted by atomic mass is 10.0. The number of para-hydroxylation sites is 3. The highest BCUT2D eigenvalue weighted by Gasteiger charge is 2.16. The van der Waals surface area contributed by atoms with Crippen LogP contribution in [0.1, 0.15) is 11.1 Å². The van der Waals surface area contributed by atoms with Gasteiger partial charge in [-0.2, -0.15) is 5.10 Å². The van der Waals surface area contributed by atoms with Crippen LogP contribution < -0.4 is 14.8 Å². The molecule has 0 N–H and O–H groups in total. The molecule has 0 saturated carbocycles. The van der Waals surface area contributed by atoms with Crippen LogP contribution >= 0.6 is 11.3 Å². The summed E-state index contributed by atoms with van der Waals surface area (Å²) in [5.41, 5.74) is 6.22. The van der Waals surface area contributed by atoms with Gasteiger partial charge in [0.1, 0.15) is 11.4 Å². The molecule has 0 radical (unpaired) electrons. The maximum atomic E-state index is 13.3. The molecule has 0 bridgehead atoms. The highest BCUT2D eigenvalue weighted by molar-refractivity contribution is 7.15. The van der Waals surface area contributed by atoms with E-state index in [0.29, 0.717) is 9.49 Å². The number of benzene rings is 3. The van der Waals surface area contributed by atoms with Gasteiger partial charge >= 0.3 is 0 Å². The van der Waals surface area contributed by atoms with Crippen LogP contribution in [-0.4, -0.2) is 26.3 Å². The predicted octanol–water partition coefficient (Wildman–Crippen LogP) is 4.63. The van der Waals surface area contributed by atoms with E-state index in [4.69, 9.17) is 9.84 Å². The minimum Gasteiger partial charge on any atom is -0.497 e. The fourth-order valence-electron chi connectivity index (χ4n) is 4.20. The summed E-state index contributed by atoms with van der Waals surface area (Å²) in [6.07, 6.45) is 3.89. The van der Waals surface area contributed by atoms with Gasteiger partial charge in [0.2, 0.25) is 0 Å². The molecule has 3 heterocycles. The first-order chi connectivity index (χ1) is 16.6. The molecule has 0 aliphatic carbocycles. The zero-order valence-corrected chi connectivity index (χ0v) is 19.4. The van der Waals surface area contributed by atoms with Crippen LogP contribution in [0, 0.1) is 6.92 Å². The van der Waals surface area contributed by atoms with Gasteiger partial charge in [-0.15, -0.1) is 0 Å². The van der Waals surface area contributed by atoms with E-state index in [2.05, 4.69) is 4.98 Å². The van der Waals surface area contributed by atoms with Gasteiger partial charge < -0.3 is 4.74 Å². The van der Waals surface area contributed by atoms with Gasteiger partial charge in [-0.05, 0) is 61.0 Å². The van der Waals surface area contributed by atoms with Gasteiger partial charge in [0.05, 0.1) is 28.4 Å². The number of fused-ring (bicyclic) bond motifs is 3. The molecule has 0 saturated heterocycles. The Labute approximate surface area is 199 Å². The number of imidazole rings is 1. The van der Waals surface area contributed by atoms with E-state index < -0.39 is 0 Å². The minimum atomic E-state index is -0.0708. The molecule has 6 rings (SSSR count). The number of hydrogen-bond donors (Lipinski definition) is 0. The van der Waals surface area contributed by atoms with Crippen molar-refractivity contribution < 1.29 is 4.74 Å². The zero-order chi connectivity index (χ0) is 23.2. The summed E-state index contributed by atoms with van der Waals surface area (Å²) in [4.78, 5) is 18.7. The van der Waals surface area contributed by atoms with Crippen LogP contribution in [-0.2, 0) is 0 Å². The summed E-state index contributed by atoms with van der Waals surface area (Å²) in [6, 6.07) is 23.6. The van der Waals surface area contributed by atoms with E-state index in [1.165, 1.54) is 11.3 Å². The van der Waals surface area contributed by atoms with Crippen LogP contribution in [0.4, 0.5) is 0 Å². The van der Waals surface area contributed by atoms with Crippen molar-refractivity contribution in [2.24, 2.45) is 0 Å². The minimum absolute atomic E-state index is 0.0708. The second kappa shape index (κ2) is 7.97. The average Bonchev–Trinajstić information content (AvgIpc) is 3.53. The Bertz CT molecular complexity index is 1780. The summed E-state index contributed by atoms with van der Waals surface area (Å²) >= 11 is 1.39. The van der Waals surface area contributed by atoms with Gasteiger partial charge in [0.25, 0.3) is 5.56 Å². The largest absolute Gasteiger partial charge is 0.497 e. The molecule has 0 amide bonds. The van der Waals surface area contributed by atoms with Crippen molar-refractivity contribution in [2.75, 3.05) is 7.11 Å². The molecule has 0 aliphatic heterocycles. The van der Waals surface area contributed by atoms with Crippen molar-refractivity contribution in [3.05, 3.63) is 105 Å². The molecular formula is C27H20N4O2S. The third kappa shape index (κ3) is 3.29. The Hall–Kier alpha value is -4.23. The van der Waals surface area contributed by atoms with Gasteiger partial charge in [-0.3, -0.25) is 4.79 Å². The Morgan fingerprint density at radius 1 is 1.00 bits per heavy atom. The molecule has 7 heteroatoms. The van der Waals surface area contributed by atoms with E-state index in [-0.39, 0.29) is 5.56 Å². The van der Waals surface area contributed by atoms with Gasteiger partial charge in [0.15, 0.2) is 4.96 Å². The second-order valence-corrected chi connectivity index (χ2v) is 9.04. The first-order valence-corrected chi connectivity index (χ1v) is 11.7. The molecule has 0 fully saturated rings. The third-order valence-corrected chi connectivity index (χ3v) is 6.85. The van der Waals surface area contributed by atoms with Crippen LogP contribution in [0.2, 0.25) is 0 Å². The standard InChI is InChI=1S/C27H20N4O2S/c1-17-14-20(33-2)12-13-21(17)25-18(16-30(29-25)19-8-4-3-5-9-19)15-24-26(32)31-23-11-7-6-10-22(23)28-27(31)34-24/h3-16H,1-2H3. The number of methoxy groups -OCH3 is 1. The second-order valence-electron chi connectivity index (χ2n) is 8.03. The van der Waals surface area contributed by atoms with Crippen molar-refractivity contribution in [1.29, 1.82) is 0 Å². The lowest BCUT2D eigenvalue weighted by Crippen LogP contribution is -2.22. The van der Waals surface area contributed by atoms with Crippen LogP contribution in [0.5, 0.6) is 5.75 Å². The number of thiazole rings is 1. The summed E-state index contributed by atoms with van der Waals surface area (Å²) in [5.74, 6) is 0.794. The normalized spacial score (nSPS) is 12.1. The van der Waals surface area contributed by atoms with Crippen molar-refractivity contribution in [1.82, 2.24) is 19.2 Å². The molecular weight excluding hydrogens is 444 g/mol. The Morgan fingerprint density at radius 3 is 2.59 bits per heavy atom. The van der Waals surface area contributed by atoms with Crippen molar-refractivity contribution in [2.45, 2.75) is 6.92 Å². The Kier molecular flexibility index (Phi) is 4.78. The van der Waals surface area contributed by atoms with Gasteiger partial charge in [-0.25, -0.2) is 14.1 Å². The highest BCUT2D eigenvalue weighted by atomic mass is 32.1. The molecule has 166 valence electrons. The third-order valence-electron chi connectivity index (χ3n) is 5.88. The monoisotopic (exact) mass is 464 g/mol. The summed E-state index contributed by atoms with van der Waals surface area (Å²) in [6.45, 7) is 2.04. The molecule has 6 aromatic rings. The fourth-order valence-corrected chi connectivity index (χ4v) is 5.18. The molecule has 3 aromatic carbocycles. The lowest BCUT2D eigenvalue weighted by Gasteiger charge is -2.07. The summed E-state index contributed by atoms with van der Waals surface area (Å²) < 4.78 is 9.53. The molecule has 0 unspecified atom stereocenters. The first kappa shape index (κ1) is 20.4. The van der Waals surface area contributed by atoms with Crippen LogP contribution in [0.25, 0.3) is 39.0 Å².